The third kappa shape index (κ3) is 3.25. The Bertz CT molecular complexity index is 1230. The normalized spacial score (nSPS) is 14.4. The maximum atomic E-state index is 15.0. The Morgan fingerprint density at radius 2 is 1.87 bits per heavy atom. The molecule has 0 bridgehead atoms. The maximum absolute atomic E-state index is 15.0. The van der Waals surface area contributed by atoms with Gasteiger partial charge in [0, 0.05) is 30.9 Å². The zero-order chi connectivity index (χ0) is 20.7. The van der Waals surface area contributed by atoms with Crippen LogP contribution in [0.25, 0.3) is 28.1 Å². The molecule has 2 N–H and O–H groups in total. The van der Waals surface area contributed by atoms with E-state index in [0.29, 0.717) is 49.1 Å². The molecule has 4 aromatic rings. The van der Waals surface area contributed by atoms with Crippen molar-refractivity contribution in [2.75, 3.05) is 36.9 Å². The van der Waals surface area contributed by atoms with E-state index >= 15 is 0 Å². The molecule has 5 rings (SSSR count). The van der Waals surface area contributed by atoms with E-state index in [1.807, 2.05) is 46.7 Å². The first-order valence-corrected chi connectivity index (χ1v) is 9.81. The van der Waals surface area contributed by atoms with Gasteiger partial charge in [0.15, 0.2) is 5.65 Å². The molecule has 0 unspecified atom stereocenters. The number of rotatable bonds is 3. The number of morpholine rings is 1. The van der Waals surface area contributed by atoms with Gasteiger partial charge in [-0.05, 0) is 43.3 Å². The zero-order valence-corrected chi connectivity index (χ0v) is 16.5. The lowest BCUT2D eigenvalue weighted by Crippen LogP contribution is -2.36. The highest BCUT2D eigenvalue weighted by Gasteiger charge is 2.18. The van der Waals surface area contributed by atoms with Gasteiger partial charge in [0.1, 0.15) is 23.0 Å². The molecule has 1 aliphatic heterocycles. The van der Waals surface area contributed by atoms with Crippen LogP contribution in [0.3, 0.4) is 0 Å². The van der Waals surface area contributed by atoms with Gasteiger partial charge in [-0.1, -0.05) is 0 Å². The summed E-state index contributed by atoms with van der Waals surface area (Å²) in [5.74, 6) is 0.899. The lowest BCUT2D eigenvalue weighted by molar-refractivity contribution is 0.122. The summed E-state index contributed by atoms with van der Waals surface area (Å²) in [6.45, 7) is 4.48. The highest BCUT2D eigenvalue weighted by molar-refractivity contribution is 5.78. The van der Waals surface area contributed by atoms with E-state index in [2.05, 4.69) is 9.97 Å². The second-order valence-electron chi connectivity index (χ2n) is 7.24. The van der Waals surface area contributed by atoms with Crippen molar-refractivity contribution in [1.29, 1.82) is 0 Å². The predicted octanol–water partition coefficient (Wildman–Crippen LogP) is 3.35. The van der Waals surface area contributed by atoms with Crippen molar-refractivity contribution >= 4 is 22.7 Å². The number of ether oxygens (including phenoxy) is 1. The molecular formula is C22H21FN6O. The minimum absolute atomic E-state index is 0.270. The van der Waals surface area contributed by atoms with Crippen LogP contribution in [-0.4, -0.2) is 45.8 Å². The van der Waals surface area contributed by atoms with Gasteiger partial charge in [-0.25, -0.2) is 19.3 Å². The molecule has 3 aromatic heterocycles. The second-order valence-corrected chi connectivity index (χ2v) is 7.24. The number of halogens is 1. The van der Waals surface area contributed by atoms with Crippen molar-refractivity contribution in [3.63, 3.8) is 0 Å². The van der Waals surface area contributed by atoms with E-state index in [4.69, 9.17) is 15.5 Å². The van der Waals surface area contributed by atoms with Gasteiger partial charge >= 0.3 is 0 Å². The van der Waals surface area contributed by atoms with Gasteiger partial charge in [0.25, 0.3) is 0 Å². The first-order valence-electron chi connectivity index (χ1n) is 9.81. The number of benzene rings is 1. The molecule has 0 radical (unpaired) electrons. The van der Waals surface area contributed by atoms with Crippen molar-refractivity contribution in [3.05, 3.63) is 60.3 Å². The molecule has 7 nitrogen and oxygen atoms in total. The standard InChI is InChI=1S/C22H21FN6O/c1-14-26-19-4-3-18(15-6-7-25-21(24)12-15)27-22(19)29(14)16-2-5-20(17(23)13-16)28-8-10-30-11-9-28/h2-7,12-13H,8-11H2,1H3,(H2,24,25). The number of aromatic nitrogens is 4. The fourth-order valence-electron chi connectivity index (χ4n) is 3.84. The number of imidazole rings is 1. The number of nitrogens with two attached hydrogens (primary N) is 1. The summed E-state index contributed by atoms with van der Waals surface area (Å²) in [6.07, 6.45) is 1.65. The smallest absolute Gasteiger partial charge is 0.165 e. The second kappa shape index (κ2) is 7.38. The average Bonchev–Trinajstić information content (AvgIpc) is 3.09. The van der Waals surface area contributed by atoms with Crippen LogP contribution in [0.2, 0.25) is 0 Å². The van der Waals surface area contributed by atoms with Crippen LogP contribution < -0.4 is 10.6 Å². The predicted molar refractivity (Wildman–Crippen MR) is 114 cm³/mol. The number of fused-ring (bicyclic) bond motifs is 1. The Balaban J connectivity index is 1.59. The lowest BCUT2D eigenvalue weighted by Gasteiger charge is -2.29. The van der Waals surface area contributed by atoms with Crippen LogP contribution in [0.1, 0.15) is 5.82 Å². The average molecular weight is 404 g/mol. The van der Waals surface area contributed by atoms with Crippen LogP contribution in [0.15, 0.2) is 48.7 Å². The van der Waals surface area contributed by atoms with Crippen LogP contribution in [0, 0.1) is 12.7 Å². The number of nitrogens with zero attached hydrogens (tertiary/aromatic N) is 5. The molecule has 1 aromatic carbocycles. The van der Waals surface area contributed by atoms with E-state index in [1.165, 1.54) is 6.07 Å². The molecule has 1 aliphatic rings. The quantitative estimate of drug-likeness (QED) is 0.564. The van der Waals surface area contributed by atoms with Crippen molar-refractivity contribution < 1.29 is 9.13 Å². The van der Waals surface area contributed by atoms with E-state index in [1.54, 1.807) is 12.3 Å². The number of hydrogen-bond acceptors (Lipinski definition) is 6. The highest BCUT2D eigenvalue weighted by Crippen LogP contribution is 2.28. The van der Waals surface area contributed by atoms with Gasteiger partial charge in [0.05, 0.1) is 30.3 Å². The minimum Gasteiger partial charge on any atom is -0.384 e. The molecule has 1 saturated heterocycles. The van der Waals surface area contributed by atoms with E-state index in [0.717, 1.165) is 22.6 Å². The first kappa shape index (κ1) is 18.5. The van der Waals surface area contributed by atoms with Crippen molar-refractivity contribution in [2.24, 2.45) is 0 Å². The van der Waals surface area contributed by atoms with Crippen LogP contribution in [0.4, 0.5) is 15.9 Å². The fourth-order valence-corrected chi connectivity index (χ4v) is 3.84. The lowest BCUT2D eigenvalue weighted by atomic mass is 10.1. The number of nitrogen functional groups attached to an aromatic ring is 1. The van der Waals surface area contributed by atoms with E-state index < -0.39 is 0 Å². The Hall–Kier alpha value is -3.52. The van der Waals surface area contributed by atoms with E-state index in [-0.39, 0.29) is 5.82 Å². The Morgan fingerprint density at radius 3 is 2.63 bits per heavy atom. The number of aryl methyl sites for hydroxylation is 1. The molecule has 0 saturated carbocycles. The minimum atomic E-state index is -0.270. The molecule has 152 valence electrons. The largest absolute Gasteiger partial charge is 0.384 e. The van der Waals surface area contributed by atoms with Gasteiger partial charge in [-0.3, -0.25) is 4.57 Å². The summed E-state index contributed by atoms with van der Waals surface area (Å²) >= 11 is 0. The number of pyridine rings is 2. The Kier molecular flexibility index (Phi) is 4.55. The monoisotopic (exact) mass is 404 g/mol. The van der Waals surface area contributed by atoms with Crippen molar-refractivity contribution in [3.8, 4) is 16.9 Å². The summed E-state index contributed by atoms with van der Waals surface area (Å²) in [4.78, 5) is 15.4. The van der Waals surface area contributed by atoms with Gasteiger partial charge in [-0.15, -0.1) is 0 Å². The van der Waals surface area contributed by atoms with Gasteiger partial charge in [-0.2, -0.15) is 0 Å². The Labute approximate surface area is 173 Å². The molecule has 8 heteroatoms. The third-order valence-corrected chi connectivity index (χ3v) is 5.29. The SMILES string of the molecule is Cc1nc2ccc(-c3ccnc(N)c3)nc2n1-c1ccc(N2CCOCC2)c(F)c1. The molecule has 0 atom stereocenters. The molecule has 0 amide bonds. The van der Waals surface area contributed by atoms with Gasteiger partial charge < -0.3 is 15.4 Å². The fraction of sp³-hybridized carbons (Fsp3) is 0.227. The topological polar surface area (TPSA) is 82.1 Å². The van der Waals surface area contributed by atoms with Crippen LogP contribution in [-0.2, 0) is 4.74 Å². The third-order valence-electron chi connectivity index (χ3n) is 5.29. The molecule has 4 heterocycles. The number of anilines is 2. The summed E-state index contributed by atoms with van der Waals surface area (Å²) in [7, 11) is 0. The highest BCUT2D eigenvalue weighted by atomic mass is 19.1. The first-order chi connectivity index (χ1) is 14.6. The van der Waals surface area contributed by atoms with Crippen molar-refractivity contribution in [1.82, 2.24) is 19.5 Å². The molecule has 0 aliphatic carbocycles. The van der Waals surface area contributed by atoms with Crippen LogP contribution in [0.5, 0.6) is 0 Å². The zero-order valence-electron chi connectivity index (χ0n) is 16.5. The van der Waals surface area contributed by atoms with E-state index in [9.17, 15) is 4.39 Å². The summed E-state index contributed by atoms with van der Waals surface area (Å²) in [5, 5.41) is 0. The Morgan fingerprint density at radius 1 is 1.03 bits per heavy atom. The molecule has 0 spiro atoms. The summed E-state index contributed by atoms with van der Waals surface area (Å²) < 4.78 is 22.2. The molecule has 30 heavy (non-hydrogen) atoms. The van der Waals surface area contributed by atoms with Gasteiger partial charge in [0.2, 0.25) is 0 Å². The molecular weight excluding hydrogens is 383 g/mol. The van der Waals surface area contributed by atoms with Crippen molar-refractivity contribution in [2.45, 2.75) is 6.92 Å². The summed E-state index contributed by atoms with van der Waals surface area (Å²) in [5.41, 5.74) is 10.1. The maximum Gasteiger partial charge on any atom is 0.165 e. The molecule has 1 fully saturated rings. The number of hydrogen-bond donors (Lipinski definition) is 1. The van der Waals surface area contributed by atoms with Crippen LogP contribution >= 0.6 is 0 Å². The summed E-state index contributed by atoms with van der Waals surface area (Å²) in [6, 6.07) is 12.7.